The summed E-state index contributed by atoms with van der Waals surface area (Å²) in [5.74, 6) is 0.838. The van der Waals surface area contributed by atoms with Crippen molar-refractivity contribution < 1.29 is 9.53 Å². The van der Waals surface area contributed by atoms with Crippen molar-refractivity contribution in [2.45, 2.75) is 13.3 Å². The smallest absolute Gasteiger partial charge is 0.150 e. The van der Waals surface area contributed by atoms with E-state index in [0.29, 0.717) is 5.56 Å². The van der Waals surface area contributed by atoms with Crippen LogP contribution in [0.4, 0.5) is 0 Å². The van der Waals surface area contributed by atoms with Crippen LogP contribution >= 0.6 is 0 Å². The summed E-state index contributed by atoms with van der Waals surface area (Å²) in [5, 5.41) is 0. The van der Waals surface area contributed by atoms with Crippen molar-refractivity contribution in [3.8, 4) is 5.75 Å². The molecule has 18 heavy (non-hydrogen) atoms. The molecular weight excluding hydrogens is 226 g/mol. The van der Waals surface area contributed by atoms with Crippen LogP contribution in [0.5, 0.6) is 5.75 Å². The monoisotopic (exact) mass is 241 g/mol. The minimum absolute atomic E-state index is 0.702. The Labute approximate surface area is 106 Å². The van der Waals surface area contributed by atoms with Crippen molar-refractivity contribution in [1.29, 1.82) is 0 Å². The van der Waals surface area contributed by atoms with E-state index in [2.05, 4.69) is 4.98 Å². The van der Waals surface area contributed by atoms with E-state index in [0.717, 1.165) is 35.3 Å². The third-order valence-corrected chi connectivity index (χ3v) is 3.01. The zero-order valence-corrected chi connectivity index (χ0v) is 10.5. The van der Waals surface area contributed by atoms with E-state index in [4.69, 9.17) is 4.74 Å². The second-order valence-corrected chi connectivity index (χ2v) is 4.11. The summed E-state index contributed by atoms with van der Waals surface area (Å²) < 4.78 is 5.12. The number of rotatable bonds is 4. The lowest BCUT2D eigenvalue weighted by Crippen LogP contribution is -1.99. The first-order chi connectivity index (χ1) is 8.74. The number of aromatic nitrogens is 1. The number of aldehydes is 1. The van der Waals surface area contributed by atoms with Crippen molar-refractivity contribution in [3.05, 3.63) is 58.9 Å². The lowest BCUT2D eigenvalue weighted by atomic mass is 10.0. The predicted molar refractivity (Wildman–Crippen MR) is 70.2 cm³/mol. The summed E-state index contributed by atoms with van der Waals surface area (Å²) in [5.41, 5.74) is 3.73. The molecule has 0 amide bonds. The van der Waals surface area contributed by atoms with Gasteiger partial charge in [-0.15, -0.1) is 0 Å². The van der Waals surface area contributed by atoms with Gasteiger partial charge in [-0.2, -0.15) is 0 Å². The highest BCUT2D eigenvalue weighted by molar-refractivity contribution is 5.77. The number of methoxy groups -OCH3 is 1. The molecule has 0 aliphatic carbocycles. The van der Waals surface area contributed by atoms with Crippen molar-refractivity contribution in [2.24, 2.45) is 0 Å². The molecular formula is C15H15NO2. The number of hydrogen-bond acceptors (Lipinski definition) is 3. The van der Waals surface area contributed by atoms with E-state index < -0.39 is 0 Å². The standard InChI is InChI=1S/C15H15NO2/c1-11-13(10-17)7-8-16-15(11)9-12-3-5-14(18-2)6-4-12/h3-8,10H,9H2,1-2H3. The molecule has 0 fully saturated rings. The van der Waals surface area contributed by atoms with E-state index in [1.54, 1.807) is 19.4 Å². The average Bonchev–Trinajstić information content (AvgIpc) is 2.42. The molecule has 0 N–H and O–H groups in total. The summed E-state index contributed by atoms with van der Waals surface area (Å²) in [6.07, 6.45) is 3.27. The largest absolute Gasteiger partial charge is 0.497 e. The second kappa shape index (κ2) is 5.45. The minimum Gasteiger partial charge on any atom is -0.497 e. The Hall–Kier alpha value is -2.16. The highest BCUT2D eigenvalue weighted by atomic mass is 16.5. The fourth-order valence-electron chi connectivity index (χ4n) is 1.84. The summed E-state index contributed by atoms with van der Waals surface area (Å²) >= 11 is 0. The first-order valence-corrected chi connectivity index (χ1v) is 5.77. The van der Waals surface area contributed by atoms with Crippen LogP contribution in [0.2, 0.25) is 0 Å². The Morgan fingerprint density at radius 2 is 1.94 bits per heavy atom. The van der Waals surface area contributed by atoms with Crippen LogP contribution in [0.1, 0.15) is 27.2 Å². The summed E-state index contributed by atoms with van der Waals surface area (Å²) in [4.78, 5) is 15.2. The van der Waals surface area contributed by atoms with Crippen LogP contribution in [0.15, 0.2) is 36.5 Å². The Balaban J connectivity index is 2.25. The minimum atomic E-state index is 0.702. The zero-order chi connectivity index (χ0) is 13.0. The van der Waals surface area contributed by atoms with Gasteiger partial charge in [0.1, 0.15) is 12.0 Å². The van der Waals surface area contributed by atoms with E-state index >= 15 is 0 Å². The number of carbonyl (C=O) groups excluding carboxylic acids is 1. The maximum Gasteiger partial charge on any atom is 0.150 e. The molecule has 0 spiro atoms. The van der Waals surface area contributed by atoms with Gasteiger partial charge >= 0.3 is 0 Å². The van der Waals surface area contributed by atoms with Gasteiger partial charge in [0.15, 0.2) is 0 Å². The molecule has 0 aliphatic heterocycles. The van der Waals surface area contributed by atoms with Gasteiger partial charge in [-0.3, -0.25) is 9.78 Å². The molecule has 2 rings (SSSR count). The SMILES string of the molecule is COc1ccc(Cc2nccc(C=O)c2C)cc1. The zero-order valence-electron chi connectivity index (χ0n) is 10.5. The summed E-state index contributed by atoms with van der Waals surface area (Å²) in [7, 11) is 1.65. The first kappa shape index (κ1) is 12.3. The van der Waals surface area contributed by atoms with E-state index in [1.807, 2.05) is 31.2 Å². The highest BCUT2D eigenvalue weighted by Gasteiger charge is 2.05. The van der Waals surface area contributed by atoms with E-state index in [-0.39, 0.29) is 0 Å². The van der Waals surface area contributed by atoms with Gasteiger partial charge in [0, 0.05) is 23.9 Å². The molecule has 0 unspecified atom stereocenters. The molecule has 1 heterocycles. The van der Waals surface area contributed by atoms with Gasteiger partial charge < -0.3 is 4.74 Å². The van der Waals surface area contributed by atoms with Crippen LogP contribution in [-0.4, -0.2) is 18.4 Å². The molecule has 3 heteroatoms. The maximum atomic E-state index is 10.9. The molecule has 0 atom stereocenters. The molecule has 1 aromatic heterocycles. The van der Waals surface area contributed by atoms with Crippen LogP contribution < -0.4 is 4.74 Å². The van der Waals surface area contributed by atoms with Crippen LogP contribution in [0.25, 0.3) is 0 Å². The summed E-state index contributed by atoms with van der Waals surface area (Å²) in [6.45, 7) is 1.93. The van der Waals surface area contributed by atoms with Gasteiger partial charge in [-0.05, 0) is 36.2 Å². The van der Waals surface area contributed by atoms with Crippen molar-refractivity contribution in [1.82, 2.24) is 4.98 Å². The third-order valence-electron chi connectivity index (χ3n) is 3.01. The van der Waals surface area contributed by atoms with E-state index in [1.165, 1.54) is 0 Å². The Morgan fingerprint density at radius 1 is 1.22 bits per heavy atom. The van der Waals surface area contributed by atoms with Gasteiger partial charge in [-0.1, -0.05) is 12.1 Å². The molecule has 3 nitrogen and oxygen atoms in total. The second-order valence-electron chi connectivity index (χ2n) is 4.11. The van der Waals surface area contributed by atoms with Gasteiger partial charge in [-0.25, -0.2) is 0 Å². The number of hydrogen-bond donors (Lipinski definition) is 0. The lowest BCUT2D eigenvalue weighted by molar-refractivity contribution is 0.112. The number of carbonyl (C=O) groups is 1. The molecule has 0 aliphatic rings. The molecule has 0 saturated carbocycles. The quantitative estimate of drug-likeness (QED) is 0.773. The fourth-order valence-corrected chi connectivity index (χ4v) is 1.84. The van der Waals surface area contributed by atoms with Crippen molar-refractivity contribution in [3.63, 3.8) is 0 Å². The Kier molecular flexibility index (Phi) is 3.72. The number of pyridine rings is 1. The molecule has 0 saturated heterocycles. The molecule has 2 aromatic rings. The highest BCUT2D eigenvalue weighted by Crippen LogP contribution is 2.17. The summed E-state index contributed by atoms with van der Waals surface area (Å²) in [6, 6.07) is 9.60. The number of ether oxygens (including phenoxy) is 1. The predicted octanol–water partition coefficient (Wildman–Crippen LogP) is 2.80. The van der Waals surface area contributed by atoms with Crippen LogP contribution in [0.3, 0.4) is 0 Å². The van der Waals surface area contributed by atoms with Crippen LogP contribution in [0, 0.1) is 6.92 Å². The Morgan fingerprint density at radius 3 is 2.56 bits per heavy atom. The lowest BCUT2D eigenvalue weighted by Gasteiger charge is -2.07. The molecule has 1 aromatic carbocycles. The van der Waals surface area contributed by atoms with Crippen molar-refractivity contribution in [2.75, 3.05) is 7.11 Å². The third kappa shape index (κ3) is 2.56. The van der Waals surface area contributed by atoms with Gasteiger partial charge in [0.2, 0.25) is 0 Å². The molecule has 92 valence electrons. The van der Waals surface area contributed by atoms with Gasteiger partial charge in [0.05, 0.1) is 7.11 Å². The fraction of sp³-hybridized carbons (Fsp3) is 0.200. The van der Waals surface area contributed by atoms with Crippen LogP contribution in [-0.2, 0) is 6.42 Å². The number of benzene rings is 1. The maximum absolute atomic E-state index is 10.9. The number of nitrogens with zero attached hydrogens (tertiary/aromatic N) is 1. The van der Waals surface area contributed by atoms with E-state index in [9.17, 15) is 4.79 Å². The first-order valence-electron chi connectivity index (χ1n) is 5.77. The average molecular weight is 241 g/mol. The van der Waals surface area contributed by atoms with Gasteiger partial charge in [0.25, 0.3) is 0 Å². The normalized spacial score (nSPS) is 10.1. The van der Waals surface area contributed by atoms with Crippen molar-refractivity contribution >= 4 is 6.29 Å². The molecule has 0 radical (unpaired) electrons. The molecule has 0 bridgehead atoms. The Bertz CT molecular complexity index is 547. The topological polar surface area (TPSA) is 39.2 Å².